The molecule has 30 heavy (non-hydrogen) atoms. The molecule has 0 N–H and O–H groups in total. The zero-order chi connectivity index (χ0) is 21.9. The Labute approximate surface area is 180 Å². The summed E-state index contributed by atoms with van der Waals surface area (Å²) in [4.78, 5) is 13.2. The average molecular weight is 411 g/mol. The number of methoxy groups -OCH3 is 3. The van der Waals surface area contributed by atoms with Crippen LogP contribution in [0.25, 0.3) is 0 Å². The molecule has 1 saturated carbocycles. The van der Waals surface area contributed by atoms with Crippen LogP contribution in [0.15, 0.2) is 61.2 Å². The molecule has 0 bridgehead atoms. The summed E-state index contributed by atoms with van der Waals surface area (Å²) in [6.45, 7) is 7.69. The minimum absolute atomic E-state index is 0.0191. The second-order valence-electron chi connectivity index (χ2n) is 7.53. The number of carbonyl (C=O) groups is 1. The van der Waals surface area contributed by atoms with Crippen molar-refractivity contribution in [3.05, 3.63) is 66.8 Å². The van der Waals surface area contributed by atoms with Crippen molar-refractivity contribution in [2.45, 2.75) is 38.5 Å². The SMILES string of the molecule is C=C/C=C\C=C(/C=C)C1CCCC(C(=O)c2cc(OC)c(OC)c(OC)c2)CCC1. The Morgan fingerprint density at radius 2 is 1.47 bits per heavy atom. The highest BCUT2D eigenvalue weighted by atomic mass is 16.5. The van der Waals surface area contributed by atoms with Gasteiger partial charge in [-0.05, 0) is 49.3 Å². The molecular formula is C26H34O4. The minimum Gasteiger partial charge on any atom is -0.493 e. The van der Waals surface area contributed by atoms with E-state index in [2.05, 4.69) is 19.2 Å². The van der Waals surface area contributed by atoms with Crippen LogP contribution in [-0.4, -0.2) is 27.1 Å². The maximum Gasteiger partial charge on any atom is 0.203 e. The van der Waals surface area contributed by atoms with Crippen LogP contribution >= 0.6 is 0 Å². The standard InChI is InChI=1S/C26H34O4/c1-6-8-9-12-19(7-2)20-13-10-15-21(16-11-14-20)25(27)22-17-23(28-3)26(30-5)24(18-22)29-4/h6-9,12,17-18,20-21H,1-2,10-11,13-16H2,3-5H3/b9-8-,19-12+. The lowest BCUT2D eigenvalue weighted by Crippen LogP contribution is -2.19. The maximum absolute atomic E-state index is 13.2. The van der Waals surface area contributed by atoms with Gasteiger partial charge in [-0.1, -0.05) is 56.4 Å². The summed E-state index contributed by atoms with van der Waals surface area (Å²) in [6.07, 6.45) is 15.7. The van der Waals surface area contributed by atoms with Gasteiger partial charge in [-0.25, -0.2) is 0 Å². The van der Waals surface area contributed by atoms with E-state index in [4.69, 9.17) is 14.2 Å². The van der Waals surface area contributed by atoms with Crippen molar-refractivity contribution < 1.29 is 19.0 Å². The zero-order valence-corrected chi connectivity index (χ0v) is 18.5. The molecule has 0 spiro atoms. The zero-order valence-electron chi connectivity index (χ0n) is 18.5. The van der Waals surface area contributed by atoms with E-state index in [1.54, 1.807) is 39.5 Å². The van der Waals surface area contributed by atoms with Gasteiger partial charge in [0.1, 0.15) is 0 Å². The Morgan fingerprint density at radius 1 is 0.900 bits per heavy atom. The van der Waals surface area contributed by atoms with E-state index in [0.717, 1.165) is 38.5 Å². The molecule has 2 rings (SSSR count). The van der Waals surface area contributed by atoms with Gasteiger partial charge in [0.25, 0.3) is 0 Å². The van der Waals surface area contributed by atoms with E-state index in [1.165, 1.54) is 5.57 Å². The van der Waals surface area contributed by atoms with E-state index < -0.39 is 0 Å². The predicted octanol–water partition coefficient (Wildman–Crippen LogP) is 6.34. The first-order valence-electron chi connectivity index (χ1n) is 10.6. The fourth-order valence-corrected chi connectivity index (χ4v) is 4.18. The van der Waals surface area contributed by atoms with Crippen LogP contribution in [0.2, 0.25) is 0 Å². The third-order valence-corrected chi connectivity index (χ3v) is 5.77. The fraction of sp³-hybridized carbons (Fsp3) is 0.423. The Kier molecular flexibility index (Phi) is 9.46. The third kappa shape index (κ3) is 5.88. The first kappa shape index (κ1) is 23.5. The summed E-state index contributed by atoms with van der Waals surface area (Å²) < 4.78 is 16.2. The highest BCUT2D eigenvalue weighted by Gasteiger charge is 2.26. The van der Waals surface area contributed by atoms with Gasteiger partial charge in [-0.3, -0.25) is 4.79 Å². The molecule has 1 fully saturated rings. The number of allylic oxidation sites excluding steroid dienone is 6. The molecular weight excluding hydrogens is 376 g/mol. The molecule has 0 unspecified atom stereocenters. The van der Waals surface area contributed by atoms with Crippen molar-refractivity contribution in [1.82, 2.24) is 0 Å². The number of carbonyl (C=O) groups excluding carboxylic acids is 1. The van der Waals surface area contributed by atoms with E-state index in [1.807, 2.05) is 18.2 Å². The number of hydrogen-bond acceptors (Lipinski definition) is 4. The molecule has 162 valence electrons. The van der Waals surface area contributed by atoms with Crippen LogP contribution in [0, 0.1) is 11.8 Å². The number of rotatable bonds is 9. The first-order chi connectivity index (χ1) is 14.6. The average Bonchev–Trinajstić information content (AvgIpc) is 2.75. The molecule has 4 nitrogen and oxygen atoms in total. The molecule has 4 heteroatoms. The summed E-state index contributed by atoms with van der Waals surface area (Å²) in [7, 11) is 4.69. The number of benzene rings is 1. The lowest BCUT2D eigenvalue weighted by molar-refractivity contribution is 0.0894. The number of Topliss-reactive ketones (excluding diaryl/α,β-unsaturated/α-hetero) is 1. The Bertz CT molecular complexity index is 768. The van der Waals surface area contributed by atoms with E-state index in [0.29, 0.717) is 28.7 Å². The van der Waals surface area contributed by atoms with Crippen LogP contribution in [0.5, 0.6) is 17.2 Å². The summed E-state index contributed by atoms with van der Waals surface area (Å²) in [5, 5.41) is 0. The summed E-state index contributed by atoms with van der Waals surface area (Å²) in [6, 6.07) is 3.52. The second kappa shape index (κ2) is 12.1. The number of ether oxygens (including phenoxy) is 3. The minimum atomic E-state index is 0.0191. The van der Waals surface area contributed by atoms with Crippen molar-refractivity contribution in [2.75, 3.05) is 21.3 Å². The van der Waals surface area contributed by atoms with E-state index in [9.17, 15) is 4.79 Å². The lowest BCUT2D eigenvalue weighted by Gasteiger charge is -2.25. The number of ketones is 1. The lowest BCUT2D eigenvalue weighted by atomic mass is 9.79. The van der Waals surface area contributed by atoms with Gasteiger partial charge in [0.15, 0.2) is 17.3 Å². The van der Waals surface area contributed by atoms with Crippen LogP contribution in [0.4, 0.5) is 0 Å². The van der Waals surface area contributed by atoms with Crippen molar-refractivity contribution in [3.63, 3.8) is 0 Å². The van der Waals surface area contributed by atoms with Crippen molar-refractivity contribution in [2.24, 2.45) is 11.8 Å². The Balaban J connectivity index is 2.12. The summed E-state index contributed by atoms with van der Waals surface area (Å²) in [5.74, 6) is 2.20. The van der Waals surface area contributed by atoms with Crippen molar-refractivity contribution >= 4 is 5.78 Å². The van der Waals surface area contributed by atoms with Gasteiger partial charge in [0, 0.05) is 11.5 Å². The van der Waals surface area contributed by atoms with Gasteiger partial charge in [-0.2, -0.15) is 0 Å². The molecule has 0 aromatic heterocycles. The number of hydrogen-bond donors (Lipinski definition) is 0. The fourth-order valence-electron chi connectivity index (χ4n) is 4.18. The van der Waals surface area contributed by atoms with Gasteiger partial charge in [0.05, 0.1) is 21.3 Å². The van der Waals surface area contributed by atoms with Crippen LogP contribution in [-0.2, 0) is 0 Å². The molecule has 0 atom stereocenters. The van der Waals surface area contributed by atoms with E-state index >= 15 is 0 Å². The Morgan fingerprint density at radius 3 is 1.93 bits per heavy atom. The molecule has 1 aromatic rings. The van der Waals surface area contributed by atoms with Crippen LogP contribution in [0.1, 0.15) is 48.9 Å². The molecule has 0 saturated heterocycles. The van der Waals surface area contributed by atoms with Crippen molar-refractivity contribution in [1.29, 1.82) is 0 Å². The molecule has 1 aliphatic carbocycles. The topological polar surface area (TPSA) is 44.8 Å². The molecule has 0 radical (unpaired) electrons. The second-order valence-corrected chi connectivity index (χ2v) is 7.53. The van der Waals surface area contributed by atoms with Crippen LogP contribution in [0.3, 0.4) is 0 Å². The van der Waals surface area contributed by atoms with Gasteiger partial charge in [-0.15, -0.1) is 0 Å². The molecule has 1 aliphatic rings. The van der Waals surface area contributed by atoms with E-state index in [-0.39, 0.29) is 11.7 Å². The largest absolute Gasteiger partial charge is 0.493 e. The monoisotopic (exact) mass is 410 g/mol. The third-order valence-electron chi connectivity index (χ3n) is 5.77. The first-order valence-corrected chi connectivity index (χ1v) is 10.6. The quantitative estimate of drug-likeness (QED) is 0.352. The maximum atomic E-state index is 13.2. The van der Waals surface area contributed by atoms with Crippen molar-refractivity contribution in [3.8, 4) is 17.2 Å². The predicted molar refractivity (Wildman–Crippen MR) is 123 cm³/mol. The smallest absolute Gasteiger partial charge is 0.203 e. The van der Waals surface area contributed by atoms with Gasteiger partial charge in [0.2, 0.25) is 5.75 Å². The molecule has 0 aliphatic heterocycles. The normalized spacial score (nSPS) is 20.2. The van der Waals surface area contributed by atoms with Gasteiger partial charge < -0.3 is 14.2 Å². The van der Waals surface area contributed by atoms with Gasteiger partial charge >= 0.3 is 0 Å². The summed E-state index contributed by atoms with van der Waals surface area (Å²) in [5.41, 5.74) is 1.88. The summed E-state index contributed by atoms with van der Waals surface area (Å²) >= 11 is 0. The molecule has 0 heterocycles. The highest BCUT2D eigenvalue weighted by Crippen LogP contribution is 2.40. The Hall–Kier alpha value is -2.75. The highest BCUT2D eigenvalue weighted by molar-refractivity contribution is 5.99. The van der Waals surface area contributed by atoms with Crippen LogP contribution < -0.4 is 14.2 Å². The molecule has 0 amide bonds. The molecule has 1 aromatic carbocycles.